The Hall–Kier alpha value is -3.93. The number of likely N-dealkylation sites (tertiary alicyclic amines) is 1. The molecule has 1 aliphatic heterocycles. The number of hydrogen-bond donors (Lipinski definition) is 4. The molecule has 5 N–H and O–H groups in total. The number of hydrogen-bond acceptors (Lipinski definition) is 8. The zero-order valence-electron chi connectivity index (χ0n) is 19.8. The summed E-state index contributed by atoms with van der Waals surface area (Å²) in [5, 5.41) is 6.95. The third-order valence-corrected chi connectivity index (χ3v) is 6.31. The van der Waals surface area contributed by atoms with Gasteiger partial charge in [-0.2, -0.15) is 13.2 Å². The summed E-state index contributed by atoms with van der Waals surface area (Å²) in [6.07, 6.45) is 2.13. The van der Waals surface area contributed by atoms with Gasteiger partial charge in [0.25, 0.3) is 0 Å². The Labute approximate surface area is 205 Å². The summed E-state index contributed by atoms with van der Waals surface area (Å²) in [5.74, 6) is 1.11. The number of nitrogens with two attached hydrogens (primary N) is 1. The summed E-state index contributed by atoms with van der Waals surface area (Å²) in [4.78, 5) is 22.3. The van der Waals surface area contributed by atoms with Crippen LogP contribution in [0.5, 0.6) is 0 Å². The largest absolute Gasteiger partial charge is 0.417 e. The van der Waals surface area contributed by atoms with Crippen LogP contribution >= 0.6 is 0 Å². The highest BCUT2D eigenvalue weighted by atomic mass is 19.4. The number of fused-ring (bicyclic) bond motifs is 1. The maximum Gasteiger partial charge on any atom is 0.417 e. The number of pyridine rings is 2. The quantitative estimate of drug-likeness (QED) is 0.311. The Kier molecular flexibility index (Phi) is 6.12. The highest BCUT2D eigenvalue weighted by Gasteiger charge is 2.31. The maximum absolute atomic E-state index is 13.2. The van der Waals surface area contributed by atoms with Crippen molar-refractivity contribution in [1.29, 1.82) is 0 Å². The molecule has 1 fully saturated rings. The third kappa shape index (κ3) is 4.89. The molecule has 5 rings (SSSR count). The number of anilines is 3. The summed E-state index contributed by atoms with van der Waals surface area (Å²) in [6, 6.07) is 5.17. The van der Waals surface area contributed by atoms with Crippen LogP contribution in [0.15, 0.2) is 43.0 Å². The molecule has 1 aliphatic rings. The predicted octanol–water partition coefficient (Wildman–Crippen LogP) is 4.31. The molecule has 5 heterocycles. The molecule has 36 heavy (non-hydrogen) atoms. The number of aromatic nitrogens is 5. The lowest BCUT2D eigenvalue weighted by Gasteiger charge is -2.17. The molecule has 0 spiro atoms. The zero-order valence-corrected chi connectivity index (χ0v) is 19.8. The van der Waals surface area contributed by atoms with E-state index in [9.17, 15) is 13.2 Å². The van der Waals surface area contributed by atoms with Crippen LogP contribution in [-0.4, -0.2) is 56.0 Å². The van der Waals surface area contributed by atoms with Crippen LogP contribution in [0.25, 0.3) is 22.3 Å². The molecular formula is C24H26F3N9. The molecule has 9 nitrogen and oxygen atoms in total. The first-order valence-electron chi connectivity index (χ1n) is 11.5. The van der Waals surface area contributed by atoms with Crippen LogP contribution in [0, 0.1) is 0 Å². The van der Waals surface area contributed by atoms with Gasteiger partial charge in [-0.25, -0.2) is 19.9 Å². The molecule has 12 heteroatoms. The van der Waals surface area contributed by atoms with E-state index in [1.165, 1.54) is 6.20 Å². The molecule has 4 aromatic rings. The highest BCUT2D eigenvalue weighted by molar-refractivity contribution is 5.95. The fourth-order valence-corrected chi connectivity index (χ4v) is 4.32. The van der Waals surface area contributed by atoms with Gasteiger partial charge in [-0.05, 0) is 44.6 Å². The number of likely N-dealkylation sites (N-methyl/N-ethyl adjacent to an activating group) is 1. The summed E-state index contributed by atoms with van der Waals surface area (Å²) in [6.45, 7) is 4.00. The van der Waals surface area contributed by atoms with Crippen LogP contribution in [0.3, 0.4) is 0 Å². The van der Waals surface area contributed by atoms with Crippen molar-refractivity contribution < 1.29 is 13.2 Å². The van der Waals surface area contributed by atoms with Crippen LogP contribution in [0.1, 0.15) is 30.5 Å². The molecule has 0 aliphatic carbocycles. The van der Waals surface area contributed by atoms with Crippen molar-refractivity contribution in [2.24, 2.45) is 0 Å². The van der Waals surface area contributed by atoms with Crippen molar-refractivity contribution >= 4 is 28.5 Å². The smallest absolute Gasteiger partial charge is 0.396 e. The number of aromatic amines is 1. The number of H-pyrrole nitrogens is 1. The number of alkyl halides is 3. The van der Waals surface area contributed by atoms with Crippen LogP contribution in [0.4, 0.5) is 30.6 Å². The minimum Gasteiger partial charge on any atom is -0.396 e. The average molecular weight is 498 g/mol. The van der Waals surface area contributed by atoms with Gasteiger partial charge in [0.15, 0.2) is 0 Å². The second-order valence-electron chi connectivity index (χ2n) is 9.05. The lowest BCUT2D eigenvalue weighted by atomic mass is 10.1. The standard InChI is InChI=1S/C24H26F3N9/c1-13(14-3-4-20(29-8-14)34-16-5-6-36(2)12-16)33-23-32-11-19(28)21(35-23)18-10-31-22-17(18)7-15(9-30-22)24(25,26)27/h3-4,7-11,13,16H,5-6,12,28H2,1-2H3,(H,29,34)(H,30,31)(H,32,33,35). The van der Waals surface area contributed by atoms with Crippen LogP contribution < -0.4 is 16.4 Å². The van der Waals surface area contributed by atoms with Crippen molar-refractivity contribution in [3.05, 3.63) is 54.1 Å². The molecule has 2 atom stereocenters. The van der Waals surface area contributed by atoms with E-state index in [1.54, 1.807) is 12.4 Å². The second-order valence-corrected chi connectivity index (χ2v) is 9.05. The van der Waals surface area contributed by atoms with Gasteiger partial charge in [-0.1, -0.05) is 6.07 Å². The third-order valence-electron chi connectivity index (χ3n) is 6.31. The Morgan fingerprint density at radius 1 is 1.17 bits per heavy atom. The second kappa shape index (κ2) is 9.26. The van der Waals surface area contributed by atoms with E-state index < -0.39 is 11.7 Å². The lowest BCUT2D eigenvalue weighted by molar-refractivity contribution is -0.137. The van der Waals surface area contributed by atoms with E-state index in [4.69, 9.17) is 5.73 Å². The lowest BCUT2D eigenvalue weighted by Crippen LogP contribution is -2.24. The molecule has 0 amide bonds. The molecule has 1 saturated heterocycles. The maximum atomic E-state index is 13.2. The zero-order chi connectivity index (χ0) is 25.4. The Balaban J connectivity index is 1.35. The van der Waals surface area contributed by atoms with E-state index in [-0.39, 0.29) is 23.1 Å². The van der Waals surface area contributed by atoms with Gasteiger partial charge in [0.05, 0.1) is 23.5 Å². The number of nitrogens with one attached hydrogen (secondary N) is 3. The first-order valence-corrected chi connectivity index (χ1v) is 11.5. The van der Waals surface area contributed by atoms with Crippen molar-refractivity contribution in [2.75, 3.05) is 36.5 Å². The minimum absolute atomic E-state index is 0.179. The first kappa shape index (κ1) is 23.8. The normalized spacial score (nSPS) is 17.4. The molecule has 0 radical (unpaired) electrons. The minimum atomic E-state index is -4.51. The summed E-state index contributed by atoms with van der Waals surface area (Å²) >= 11 is 0. The molecule has 0 aromatic carbocycles. The number of halogens is 3. The van der Waals surface area contributed by atoms with Gasteiger partial charge in [-0.15, -0.1) is 0 Å². The monoisotopic (exact) mass is 497 g/mol. The summed E-state index contributed by atoms with van der Waals surface area (Å²) < 4.78 is 39.7. The highest BCUT2D eigenvalue weighted by Crippen LogP contribution is 2.35. The Morgan fingerprint density at radius 2 is 2.00 bits per heavy atom. The van der Waals surface area contributed by atoms with Gasteiger partial charge in [-0.3, -0.25) is 0 Å². The van der Waals surface area contributed by atoms with Gasteiger partial charge >= 0.3 is 6.18 Å². The van der Waals surface area contributed by atoms with E-state index >= 15 is 0 Å². The molecule has 2 unspecified atom stereocenters. The number of nitrogens with zero attached hydrogens (tertiary/aromatic N) is 5. The topological polar surface area (TPSA) is 121 Å². The molecule has 0 saturated carbocycles. The molecule has 0 bridgehead atoms. The first-order chi connectivity index (χ1) is 17.2. The van der Waals surface area contributed by atoms with Gasteiger partial charge < -0.3 is 26.3 Å². The number of rotatable bonds is 6. The average Bonchev–Trinajstić information content (AvgIpc) is 3.45. The molecule has 188 valence electrons. The predicted molar refractivity (Wildman–Crippen MR) is 132 cm³/mol. The van der Waals surface area contributed by atoms with E-state index in [0.717, 1.165) is 43.2 Å². The van der Waals surface area contributed by atoms with E-state index in [1.807, 2.05) is 19.1 Å². The van der Waals surface area contributed by atoms with Gasteiger partial charge in [0.2, 0.25) is 5.95 Å². The molecule has 4 aromatic heterocycles. The molecular weight excluding hydrogens is 471 g/mol. The fraction of sp³-hybridized carbons (Fsp3) is 0.333. The fourth-order valence-electron chi connectivity index (χ4n) is 4.32. The van der Waals surface area contributed by atoms with Crippen molar-refractivity contribution in [1.82, 2.24) is 29.8 Å². The van der Waals surface area contributed by atoms with E-state index in [0.29, 0.717) is 22.9 Å². The SMILES string of the molecule is CC(Nc1ncc(N)c(-c2c[nH]c3ncc(C(F)(F)F)cc23)n1)c1ccc(NC2CCN(C)C2)nc1. The van der Waals surface area contributed by atoms with Crippen LogP contribution in [-0.2, 0) is 6.18 Å². The van der Waals surface area contributed by atoms with Gasteiger partial charge in [0.1, 0.15) is 17.2 Å². The Bertz CT molecular complexity index is 1370. The summed E-state index contributed by atoms with van der Waals surface area (Å²) in [5.41, 5.74) is 7.45. The Morgan fingerprint density at radius 3 is 2.69 bits per heavy atom. The van der Waals surface area contributed by atoms with E-state index in [2.05, 4.69) is 47.5 Å². The summed E-state index contributed by atoms with van der Waals surface area (Å²) in [7, 11) is 2.10. The van der Waals surface area contributed by atoms with Gasteiger partial charge in [0, 0.05) is 42.1 Å². The van der Waals surface area contributed by atoms with Crippen molar-refractivity contribution in [3.8, 4) is 11.3 Å². The van der Waals surface area contributed by atoms with Crippen molar-refractivity contribution in [3.63, 3.8) is 0 Å². The van der Waals surface area contributed by atoms with Crippen LogP contribution in [0.2, 0.25) is 0 Å². The number of nitrogen functional groups attached to an aromatic ring is 1. The van der Waals surface area contributed by atoms with Crippen molar-refractivity contribution in [2.45, 2.75) is 31.6 Å².